The van der Waals surface area contributed by atoms with E-state index in [1.54, 1.807) is 0 Å². The van der Waals surface area contributed by atoms with Crippen LogP contribution < -0.4 is 5.32 Å². The van der Waals surface area contributed by atoms with Crippen molar-refractivity contribution < 1.29 is 9.90 Å². The second-order valence-electron chi connectivity index (χ2n) is 5.41. The average molecular weight is 240 g/mol. The first-order valence-electron chi connectivity index (χ1n) is 6.88. The molecule has 0 spiro atoms. The molecule has 4 heteroatoms. The lowest BCUT2D eigenvalue weighted by molar-refractivity contribution is -0.136. The molecule has 0 aliphatic carbocycles. The summed E-state index contributed by atoms with van der Waals surface area (Å²) in [5, 5.41) is 12.8. The van der Waals surface area contributed by atoms with Gasteiger partial charge in [0.15, 0.2) is 0 Å². The summed E-state index contributed by atoms with van der Waals surface area (Å²) in [7, 11) is 0. The second kappa shape index (κ2) is 5.83. The second-order valence-corrected chi connectivity index (χ2v) is 5.41. The fraction of sp³-hybridized carbons (Fsp3) is 0.923. The van der Waals surface area contributed by atoms with Crippen molar-refractivity contribution in [2.24, 2.45) is 5.92 Å². The molecule has 0 radical (unpaired) electrons. The number of nitrogens with zero attached hydrogens (tertiary/aromatic N) is 1. The Bertz CT molecular complexity index is 254. The number of hydrogen-bond donors (Lipinski definition) is 2. The van der Waals surface area contributed by atoms with E-state index < -0.39 is 0 Å². The first-order valence-corrected chi connectivity index (χ1v) is 6.88. The average Bonchev–Trinajstić information content (AvgIpc) is 2.39. The minimum Gasteiger partial charge on any atom is -0.393 e. The summed E-state index contributed by atoms with van der Waals surface area (Å²) in [5.41, 5.74) is 0. The highest BCUT2D eigenvalue weighted by molar-refractivity contribution is 5.82. The van der Waals surface area contributed by atoms with Crippen LogP contribution in [-0.4, -0.2) is 47.7 Å². The Hall–Kier alpha value is -0.610. The lowest BCUT2D eigenvalue weighted by Crippen LogP contribution is -2.51. The van der Waals surface area contributed by atoms with Gasteiger partial charge >= 0.3 is 0 Å². The van der Waals surface area contributed by atoms with Crippen molar-refractivity contribution in [1.29, 1.82) is 0 Å². The van der Waals surface area contributed by atoms with Crippen LogP contribution in [0, 0.1) is 5.92 Å². The molecule has 0 aromatic rings. The number of hydrogen-bond acceptors (Lipinski definition) is 3. The van der Waals surface area contributed by atoms with Crippen LogP contribution in [0.4, 0.5) is 0 Å². The zero-order valence-electron chi connectivity index (χ0n) is 10.7. The van der Waals surface area contributed by atoms with Crippen LogP contribution in [0.15, 0.2) is 0 Å². The molecule has 2 aliphatic heterocycles. The Balaban J connectivity index is 1.81. The molecule has 2 fully saturated rings. The van der Waals surface area contributed by atoms with Gasteiger partial charge < -0.3 is 15.3 Å². The van der Waals surface area contributed by atoms with E-state index in [1.807, 2.05) is 11.8 Å². The third-order valence-corrected chi connectivity index (χ3v) is 4.14. The largest absolute Gasteiger partial charge is 0.393 e. The van der Waals surface area contributed by atoms with Gasteiger partial charge in [-0.15, -0.1) is 0 Å². The Kier molecular flexibility index (Phi) is 4.40. The normalized spacial score (nSPS) is 29.1. The molecule has 2 atom stereocenters. The van der Waals surface area contributed by atoms with Crippen molar-refractivity contribution in [3.63, 3.8) is 0 Å². The summed E-state index contributed by atoms with van der Waals surface area (Å²) < 4.78 is 0. The van der Waals surface area contributed by atoms with Gasteiger partial charge in [0.05, 0.1) is 12.1 Å². The molecule has 0 bridgehead atoms. The number of aliphatic hydroxyl groups excluding tert-OH is 1. The molecule has 0 saturated carbocycles. The van der Waals surface area contributed by atoms with E-state index in [1.165, 1.54) is 6.42 Å². The number of amides is 1. The molecule has 0 aromatic heterocycles. The highest BCUT2D eigenvalue weighted by Crippen LogP contribution is 2.21. The summed E-state index contributed by atoms with van der Waals surface area (Å²) in [6, 6.07) is 0.0480. The number of rotatable bonds is 2. The van der Waals surface area contributed by atoms with Crippen molar-refractivity contribution in [3.05, 3.63) is 0 Å². The molecule has 17 heavy (non-hydrogen) atoms. The highest BCUT2D eigenvalue weighted by atomic mass is 16.3. The Morgan fingerprint density at radius 2 is 2.00 bits per heavy atom. The Morgan fingerprint density at radius 1 is 1.29 bits per heavy atom. The predicted molar refractivity (Wildman–Crippen MR) is 66.6 cm³/mol. The fourth-order valence-electron chi connectivity index (χ4n) is 2.89. The molecule has 1 amide bonds. The fourth-order valence-corrected chi connectivity index (χ4v) is 2.89. The Morgan fingerprint density at radius 3 is 2.53 bits per heavy atom. The summed E-state index contributed by atoms with van der Waals surface area (Å²) in [6.45, 7) is 4.45. The number of piperidine rings is 2. The molecule has 0 aromatic carbocycles. The van der Waals surface area contributed by atoms with E-state index in [-0.39, 0.29) is 18.1 Å². The number of likely N-dealkylation sites (tertiary alicyclic amines) is 1. The molecular formula is C13H24N2O2. The number of nitrogens with one attached hydrogen (secondary N) is 1. The summed E-state index contributed by atoms with van der Waals surface area (Å²) >= 11 is 0. The topological polar surface area (TPSA) is 52.6 Å². The number of carbonyl (C=O) groups excluding carboxylic acids is 1. The zero-order valence-corrected chi connectivity index (χ0v) is 10.7. The SMILES string of the molecule is C[C@@H](O)C1CCN(C(=O)[C@@H]2CCCCN2)CC1. The van der Waals surface area contributed by atoms with Crippen LogP contribution in [0.5, 0.6) is 0 Å². The van der Waals surface area contributed by atoms with E-state index in [2.05, 4.69) is 5.32 Å². The van der Waals surface area contributed by atoms with Gasteiger partial charge in [-0.2, -0.15) is 0 Å². The molecule has 2 aliphatic rings. The minimum atomic E-state index is -0.236. The summed E-state index contributed by atoms with van der Waals surface area (Å²) in [4.78, 5) is 14.2. The van der Waals surface area contributed by atoms with E-state index in [0.29, 0.717) is 5.92 Å². The maximum absolute atomic E-state index is 12.2. The van der Waals surface area contributed by atoms with E-state index in [0.717, 1.165) is 45.3 Å². The molecule has 98 valence electrons. The summed E-state index contributed by atoms with van der Waals surface area (Å²) in [6.07, 6.45) is 4.98. The van der Waals surface area contributed by atoms with Crippen molar-refractivity contribution in [1.82, 2.24) is 10.2 Å². The monoisotopic (exact) mass is 240 g/mol. The highest BCUT2D eigenvalue weighted by Gasteiger charge is 2.29. The molecule has 2 saturated heterocycles. The number of aliphatic hydroxyl groups is 1. The Labute approximate surface area is 103 Å². The van der Waals surface area contributed by atoms with Gasteiger partial charge in [-0.05, 0) is 45.1 Å². The lowest BCUT2D eigenvalue weighted by atomic mass is 9.91. The molecule has 2 heterocycles. The van der Waals surface area contributed by atoms with Crippen molar-refractivity contribution in [2.45, 2.75) is 51.2 Å². The van der Waals surface area contributed by atoms with Gasteiger partial charge in [-0.3, -0.25) is 4.79 Å². The maximum Gasteiger partial charge on any atom is 0.239 e. The van der Waals surface area contributed by atoms with Crippen LogP contribution >= 0.6 is 0 Å². The van der Waals surface area contributed by atoms with Crippen LogP contribution in [-0.2, 0) is 4.79 Å². The van der Waals surface area contributed by atoms with E-state index in [4.69, 9.17) is 0 Å². The van der Waals surface area contributed by atoms with Gasteiger partial charge in [0.25, 0.3) is 0 Å². The minimum absolute atomic E-state index is 0.0480. The summed E-state index contributed by atoms with van der Waals surface area (Å²) in [5.74, 6) is 0.645. The van der Waals surface area contributed by atoms with E-state index in [9.17, 15) is 9.90 Å². The quantitative estimate of drug-likeness (QED) is 0.749. The van der Waals surface area contributed by atoms with Crippen LogP contribution in [0.2, 0.25) is 0 Å². The lowest BCUT2D eigenvalue weighted by Gasteiger charge is -2.36. The van der Waals surface area contributed by atoms with Gasteiger partial charge in [0, 0.05) is 13.1 Å². The van der Waals surface area contributed by atoms with Crippen LogP contribution in [0.1, 0.15) is 39.0 Å². The predicted octanol–water partition coefficient (Wildman–Crippen LogP) is 0.748. The van der Waals surface area contributed by atoms with Crippen molar-refractivity contribution in [2.75, 3.05) is 19.6 Å². The van der Waals surface area contributed by atoms with Gasteiger partial charge in [0.2, 0.25) is 5.91 Å². The third kappa shape index (κ3) is 3.19. The zero-order chi connectivity index (χ0) is 12.3. The molecule has 2 N–H and O–H groups in total. The first-order chi connectivity index (χ1) is 8.18. The first kappa shape index (κ1) is 12.8. The molecular weight excluding hydrogens is 216 g/mol. The molecule has 0 unspecified atom stereocenters. The van der Waals surface area contributed by atoms with Crippen LogP contribution in [0.25, 0.3) is 0 Å². The number of carbonyl (C=O) groups is 1. The van der Waals surface area contributed by atoms with E-state index >= 15 is 0 Å². The van der Waals surface area contributed by atoms with Crippen molar-refractivity contribution in [3.8, 4) is 0 Å². The van der Waals surface area contributed by atoms with Gasteiger partial charge in [-0.25, -0.2) is 0 Å². The third-order valence-electron chi connectivity index (χ3n) is 4.14. The molecule has 2 rings (SSSR count). The maximum atomic E-state index is 12.2. The standard InChI is InChI=1S/C13H24N2O2/c1-10(16)11-5-8-15(9-6-11)13(17)12-4-2-3-7-14-12/h10-12,14,16H,2-9H2,1H3/t10-,12+/m1/s1. The van der Waals surface area contributed by atoms with Crippen LogP contribution in [0.3, 0.4) is 0 Å². The molecule has 4 nitrogen and oxygen atoms in total. The van der Waals surface area contributed by atoms with Gasteiger partial charge in [0.1, 0.15) is 0 Å². The smallest absolute Gasteiger partial charge is 0.239 e. The van der Waals surface area contributed by atoms with Crippen molar-refractivity contribution >= 4 is 5.91 Å². The van der Waals surface area contributed by atoms with Gasteiger partial charge in [-0.1, -0.05) is 6.42 Å².